The Labute approximate surface area is 175 Å². The second-order valence-corrected chi connectivity index (χ2v) is 8.76. The summed E-state index contributed by atoms with van der Waals surface area (Å²) >= 11 is 5.84. The van der Waals surface area contributed by atoms with Crippen LogP contribution in [0, 0.1) is 5.92 Å². The number of hydrogen-bond donors (Lipinski definition) is 5. The van der Waals surface area contributed by atoms with Crippen LogP contribution in [0.1, 0.15) is 19.4 Å². The van der Waals surface area contributed by atoms with Crippen LogP contribution >= 0.6 is 19.2 Å². The highest BCUT2D eigenvalue weighted by molar-refractivity contribution is 7.53. The number of carbonyl (C=O) groups is 1. The summed E-state index contributed by atoms with van der Waals surface area (Å²) in [5.41, 5.74) is 6.29. The molecule has 1 unspecified atom stereocenters. The van der Waals surface area contributed by atoms with Crippen molar-refractivity contribution >= 4 is 42.1 Å². The first kappa shape index (κ1) is 22.8. The number of carbonyl (C=O) groups excluding carboxylic acids is 1. The molecule has 0 spiro atoms. The number of imidazole rings is 1. The molecule has 1 aliphatic rings. The van der Waals surface area contributed by atoms with Gasteiger partial charge < -0.3 is 39.8 Å². The van der Waals surface area contributed by atoms with Crippen LogP contribution in [-0.2, 0) is 18.8 Å². The van der Waals surface area contributed by atoms with Gasteiger partial charge in [0.1, 0.15) is 11.6 Å². The maximum absolute atomic E-state index is 11.8. The average molecular weight is 466 g/mol. The first-order valence-corrected chi connectivity index (χ1v) is 11.0. The molecule has 1 saturated carbocycles. The lowest BCUT2D eigenvalue weighted by atomic mass is 10.1. The van der Waals surface area contributed by atoms with Crippen LogP contribution in [-0.4, -0.2) is 76.8 Å². The van der Waals surface area contributed by atoms with E-state index in [0.29, 0.717) is 0 Å². The summed E-state index contributed by atoms with van der Waals surface area (Å²) in [5.74, 6) is -4.03. The highest BCUT2D eigenvalue weighted by Crippen LogP contribution is 2.44. The summed E-state index contributed by atoms with van der Waals surface area (Å²) in [6.45, 7) is 0.981. The smallest absolute Gasteiger partial charge is 0.365 e. The van der Waals surface area contributed by atoms with Gasteiger partial charge in [0.25, 0.3) is 5.85 Å². The molecule has 6 N–H and O–H groups in total. The van der Waals surface area contributed by atoms with Crippen LogP contribution in [0.15, 0.2) is 6.33 Å². The van der Waals surface area contributed by atoms with Gasteiger partial charge >= 0.3 is 13.6 Å². The van der Waals surface area contributed by atoms with Gasteiger partial charge in [0, 0.05) is 5.92 Å². The number of hydrogen-bond acceptors (Lipinski definition) is 10. The molecule has 30 heavy (non-hydrogen) atoms. The lowest BCUT2D eigenvalue weighted by Gasteiger charge is -2.21. The Kier molecular flexibility index (Phi) is 6.63. The molecule has 0 aromatic carbocycles. The third-order valence-corrected chi connectivity index (χ3v) is 5.95. The van der Waals surface area contributed by atoms with E-state index in [1.54, 1.807) is 0 Å². The van der Waals surface area contributed by atoms with Crippen LogP contribution < -0.4 is 5.73 Å². The normalized spacial score (nSPS) is 25.5. The third-order valence-electron chi connectivity index (χ3n) is 4.81. The molecular weight excluding hydrogens is 445 g/mol. The van der Waals surface area contributed by atoms with Crippen LogP contribution in [0.3, 0.4) is 0 Å². The molecule has 5 atom stereocenters. The quantitative estimate of drug-likeness (QED) is 0.198. The van der Waals surface area contributed by atoms with Crippen molar-refractivity contribution in [3.05, 3.63) is 11.6 Å². The molecule has 2 aromatic rings. The first-order valence-electron chi connectivity index (χ1n) is 8.89. The zero-order chi connectivity index (χ0) is 22.2. The number of esters is 1. The molecule has 0 saturated heterocycles. The molecule has 15 heteroatoms. The summed E-state index contributed by atoms with van der Waals surface area (Å²) in [7, 11) is -4.96. The molecule has 166 valence electrons. The zero-order valence-electron chi connectivity index (χ0n) is 15.7. The molecule has 0 amide bonds. The summed E-state index contributed by atoms with van der Waals surface area (Å²) in [6, 6.07) is -0.708. The molecule has 0 radical (unpaired) electrons. The molecule has 1 fully saturated rings. The van der Waals surface area contributed by atoms with E-state index in [2.05, 4.69) is 19.7 Å². The van der Waals surface area contributed by atoms with Gasteiger partial charge in [0.15, 0.2) is 11.5 Å². The van der Waals surface area contributed by atoms with E-state index < -0.39 is 50.2 Å². The van der Waals surface area contributed by atoms with Crippen molar-refractivity contribution in [2.24, 2.45) is 5.92 Å². The zero-order valence-corrected chi connectivity index (χ0v) is 17.3. The summed E-state index contributed by atoms with van der Waals surface area (Å²) in [5, 5.41) is 20.8. The minimum absolute atomic E-state index is 0.0515. The van der Waals surface area contributed by atoms with E-state index in [1.807, 2.05) is 0 Å². The van der Waals surface area contributed by atoms with Crippen LogP contribution in [0.5, 0.6) is 0 Å². The number of nitrogens with zero attached hydrogens (tertiary/aromatic N) is 4. The maximum Gasteiger partial charge on any atom is 0.365 e. The second-order valence-electron chi connectivity index (χ2n) is 6.77. The van der Waals surface area contributed by atoms with Gasteiger partial charge in [0.2, 0.25) is 5.28 Å². The Hall–Kier alpha value is -1.86. The molecule has 2 heterocycles. The SMILES string of the molecule is CCOC(=O)C(OC[C@H]1C[C@@H](n2cnc3c(N)nc(Cl)nc32)[C@H](O)[C@@H]1O)P(=O)(O)O. The van der Waals surface area contributed by atoms with Gasteiger partial charge in [-0.05, 0) is 24.9 Å². The van der Waals surface area contributed by atoms with Crippen LogP contribution in [0.25, 0.3) is 11.2 Å². The van der Waals surface area contributed by atoms with Gasteiger partial charge in [-0.25, -0.2) is 9.78 Å². The lowest BCUT2D eigenvalue weighted by molar-refractivity contribution is -0.153. The first-order chi connectivity index (χ1) is 14.0. The number of fused-ring (bicyclic) bond motifs is 1. The minimum atomic E-state index is -4.96. The number of aromatic nitrogens is 4. The topological polar surface area (TPSA) is 203 Å². The highest BCUT2D eigenvalue weighted by atomic mass is 35.5. The van der Waals surface area contributed by atoms with Gasteiger partial charge in [-0.1, -0.05) is 0 Å². The van der Waals surface area contributed by atoms with Gasteiger partial charge in [0.05, 0.1) is 31.7 Å². The van der Waals surface area contributed by atoms with Crippen LogP contribution in [0.2, 0.25) is 5.28 Å². The van der Waals surface area contributed by atoms with Crippen molar-refractivity contribution in [2.75, 3.05) is 18.9 Å². The number of aliphatic hydroxyl groups excluding tert-OH is 2. The lowest BCUT2D eigenvalue weighted by Crippen LogP contribution is -2.33. The number of nitrogens with two attached hydrogens (primary N) is 1. The van der Waals surface area contributed by atoms with Crippen molar-refractivity contribution in [3.63, 3.8) is 0 Å². The summed E-state index contributed by atoms with van der Waals surface area (Å²) < 4.78 is 22.8. The van der Waals surface area contributed by atoms with Gasteiger partial charge in [-0.3, -0.25) is 4.57 Å². The van der Waals surface area contributed by atoms with Crippen molar-refractivity contribution in [1.82, 2.24) is 19.5 Å². The Bertz CT molecular complexity index is 983. The van der Waals surface area contributed by atoms with E-state index in [0.717, 1.165) is 0 Å². The molecule has 13 nitrogen and oxygen atoms in total. The van der Waals surface area contributed by atoms with Crippen molar-refractivity contribution < 1.29 is 38.8 Å². The van der Waals surface area contributed by atoms with Crippen molar-refractivity contribution in [2.45, 2.75) is 37.4 Å². The van der Waals surface area contributed by atoms with Gasteiger partial charge in [-0.15, -0.1) is 0 Å². The Morgan fingerprint density at radius 1 is 1.40 bits per heavy atom. The van der Waals surface area contributed by atoms with Crippen molar-refractivity contribution in [3.8, 4) is 0 Å². The minimum Gasteiger partial charge on any atom is -0.464 e. The predicted molar refractivity (Wildman–Crippen MR) is 102 cm³/mol. The van der Waals surface area contributed by atoms with E-state index in [4.69, 9.17) is 22.1 Å². The van der Waals surface area contributed by atoms with E-state index >= 15 is 0 Å². The fourth-order valence-electron chi connectivity index (χ4n) is 3.42. The molecule has 1 aliphatic carbocycles. The van der Waals surface area contributed by atoms with E-state index in [-0.39, 0.29) is 35.3 Å². The Morgan fingerprint density at radius 3 is 2.73 bits per heavy atom. The Balaban J connectivity index is 1.79. The van der Waals surface area contributed by atoms with Crippen molar-refractivity contribution in [1.29, 1.82) is 0 Å². The van der Waals surface area contributed by atoms with E-state index in [9.17, 15) is 29.4 Å². The monoisotopic (exact) mass is 465 g/mol. The molecule has 2 aromatic heterocycles. The fraction of sp³-hybridized carbons (Fsp3) is 0.600. The average Bonchev–Trinajstić information content (AvgIpc) is 3.17. The number of aliphatic hydroxyl groups is 2. The summed E-state index contributed by atoms with van der Waals surface area (Å²) in [4.78, 5) is 42.5. The molecule has 0 bridgehead atoms. The maximum atomic E-state index is 11.8. The molecule has 0 aliphatic heterocycles. The number of rotatable bonds is 7. The standard InChI is InChI=1S/C15H21ClN5O8P/c1-2-28-13(24)14(30(25,26)27)29-4-6-3-7(10(23)9(6)22)21-5-18-8-11(17)19-15(16)20-12(8)21/h5-7,9-10,14,22-23H,2-4H2,1H3,(H2,17,19,20)(H2,25,26,27)/t6-,7-,9-,10+,14?/m1/s1. The number of nitrogen functional groups attached to an aromatic ring is 1. The Morgan fingerprint density at radius 2 is 2.10 bits per heavy atom. The van der Waals surface area contributed by atoms with Gasteiger partial charge in [-0.2, -0.15) is 9.97 Å². The fourth-order valence-corrected chi connectivity index (χ4v) is 4.22. The number of anilines is 1. The molecular formula is C15H21ClN5O8P. The van der Waals surface area contributed by atoms with E-state index in [1.165, 1.54) is 17.8 Å². The predicted octanol–water partition coefficient (Wildman–Crippen LogP) is -0.572. The highest BCUT2D eigenvalue weighted by Gasteiger charge is 2.45. The number of ether oxygens (including phenoxy) is 2. The van der Waals surface area contributed by atoms with Crippen LogP contribution in [0.4, 0.5) is 5.82 Å². The summed E-state index contributed by atoms with van der Waals surface area (Å²) in [6.07, 6.45) is -1.08. The third kappa shape index (κ3) is 4.42. The number of halogens is 1. The second kappa shape index (κ2) is 8.71. The largest absolute Gasteiger partial charge is 0.464 e. The molecule has 3 rings (SSSR count).